The Morgan fingerprint density at radius 2 is 1.30 bits per heavy atom. The third-order valence-electron chi connectivity index (χ3n) is 0.607. The van der Waals surface area contributed by atoms with Gasteiger partial charge in [0.2, 0.25) is 0 Å². The van der Waals surface area contributed by atoms with Crippen molar-refractivity contribution < 1.29 is 6.63 Å². The molecule has 10 heavy (non-hydrogen) atoms. The second kappa shape index (κ2) is 9.21. The Kier molecular flexibility index (Phi) is 11.2. The predicted octanol–water partition coefficient (Wildman–Crippen LogP) is 4.14. The summed E-state index contributed by atoms with van der Waals surface area (Å²) < 4.78 is 0. The second-order valence-corrected chi connectivity index (χ2v) is 40.8. The van der Waals surface area contributed by atoms with Gasteiger partial charge in [0.15, 0.2) is 0 Å². The minimum atomic E-state index is -0.423. The Morgan fingerprint density at radius 3 is 1.40 bits per heavy atom. The van der Waals surface area contributed by atoms with E-state index in [9.17, 15) is 0 Å². The first-order valence-corrected chi connectivity index (χ1v) is 17.6. The molecule has 1 aromatic rings. The van der Waals surface area contributed by atoms with Crippen molar-refractivity contribution in [2.24, 2.45) is 0 Å². The van der Waals surface area contributed by atoms with E-state index in [2.05, 4.69) is 63.6 Å². The van der Waals surface area contributed by atoms with E-state index < -0.39 is 6.63 Å². The van der Waals surface area contributed by atoms with Gasteiger partial charge in [-0.1, -0.05) is 0 Å². The van der Waals surface area contributed by atoms with Crippen molar-refractivity contribution in [2.45, 2.75) is 0 Å². The van der Waals surface area contributed by atoms with E-state index in [0.29, 0.717) is 0 Å². The van der Waals surface area contributed by atoms with Crippen LogP contribution in [0.1, 0.15) is 0 Å². The third-order valence-corrected chi connectivity index (χ3v) is 0.607. The maximum atomic E-state index is 2.89. The van der Waals surface area contributed by atoms with Gasteiger partial charge in [0.1, 0.15) is 0 Å². The number of benzene rings is 1. The summed E-state index contributed by atoms with van der Waals surface area (Å²) in [5.41, 5.74) is 0. The van der Waals surface area contributed by atoms with Crippen LogP contribution in [0.3, 0.4) is 0 Å². The molecule has 0 spiro atoms. The summed E-state index contributed by atoms with van der Waals surface area (Å²) in [5, 5.41) is 0. The summed E-state index contributed by atoms with van der Waals surface area (Å²) >= 11 is 7.45. The molecule has 1 rings (SSSR count). The van der Waals surface area contributed by atoms with Gasteiger partial charge in [0.05, 0.1) is 0 Å². The van der Waals surface area contributed by atoms with Crippen molar-refractivity contribution in [1.82, 2.24) is 0 Å². The average molecular weight is 506 g/mol. The molecule has 0 aliphatic heterocycles. The molecule has 0 radical (unpaired) electrons. The molecular formula is C6H5I3Ti. The Labute approximate surface area is 98.4 Å². The first kappa shape index (κ1) is 12.1. The number of halogens is 3. The number of hydrogen-bond acceptors (Lipinski definition) is 0. The van der Waals surface area contributed by atoms with Crippen molar-refractivity contribution in [2.75, 3.05) is 0 Å². The van der Waals surface area contributed by atoms with Gasteiger partial charge in [-0.3, -0.25) is 0 Å². The first-order valence-electron chi connectivity index (χ1n) is 2.48. The van der Waals surface area contributed by atoms with Crippen LogP contribution in [0.5, 0.6) is 0 Å². The predicted molar refractivity (Wildman–Crippen MR) is 67.3 cm³/mol. The molecule has 0 bridgehead atoms. The molecule has 0 amide bonds. The van der Waals surface area contributed by atoms with Gasteiger partial charge >= 0.3 is 64.2 Å². The Bertz CT molecular complexity index is 113. The van der Waals surface area contributed by atoms with E-state index in [1.54, 1.807) is 0 Å². The summed E-state index contributed by atoms with van der Waals surface area (Å²) in [6.07, 6.45) is 0. The van der Waals surface area contributed by atoms with Crippen molar-refractivity contribution in [3.05, 3.63) is 36.4 Å². The second-order valence-electron chi connectivity index (χ2n) is 1.29. The summed E-state index contributed by atoms with van der Waals surface area (Å²) in [4.78, 5) is 0. The van der Waals surface area contributed by atoms with Crippen LogP contribution in [0.15, 0.2) is 30.3 Å². The van der Waals surface area contributed by atoms with Gasteiger partial charge in [0.25, 0.3) is 0 Å². The van der Waals surface area contributed by atoms with E-state index in [0.717, 1.165) is 0 Å². The zero-order valence-electron chi connectivity index (χ0n) is 5.02. The molecule has 0 N–H and O–H groups in total. The summed E-state index contributed by atoms with van der Waals surface area (Å²) in [6.45, 7) is -0.423. The van der Waals surface area contributed by atoms with Crippen molar-refractivity contribution >= 4 is 57.6 Å². The first-order chi connectivity index (χ1) is 4.73. The maximum absolute atomic E-state index is 2.89. The fourth-order valence-corrected chi connectivity index (χ4v) is 0.342. The van der Waals surface area contributed by atoms with E-state index in [1.807, 2.05) is 30.3 Å². The molecule has 0 saturated heterocycles. The minimum Gasteiger partial charge on any atom is -0.184 e. The largest absolute Gasteiger partial charge is 0.184 e. The van der Waals surface area contributed by atoms with Crippen molar-refractivity contribution in [3.63, 3.8) is 0 Å². The maximum Gasteiger partial charge on any atom is -0.171 e. The third kappa shape index (κ3) is 12.8. The van der Waals surface area contributed by atoms with Crippen LogP contribution in [0.25, 0.3) is 0 Å². The molecule has 0 atom stereocenters. The topological polar surface area (TPSA) is 0 Å². The van der Waals surface area contributed by atoms with Crippen LogP contribution < -0.4 is 0 Å². The SMILES string of the molecule is [I][Ti+]([I])[I].[c-]1ccccc1. The van der Waals surface area contributed by atoms with Gasteiger partial charge in [-0.05, 0) is 0 Å². The fourth-order valence-electron chi connectivity index (χ4n) is 0.342. The van der Waals surface area contributed by atoms with Gasteiger partial charge in [-0.2, -0.15) is 36.4 Å². The van der Waals surface area contributed by atoms with Crippen LogP contribution in [0, 0.1) is 6.07 Å². The van der Waals surface area contributed by atoms with Crippen LogP contribution in [-0.4, -0.2) is 0 Å². The molecule has 4 heteroatoms. The number of rotatable bonds is 0. The van der Waals surface area contributed by atoms with Gasteiger partial charge < -0.3 is 0 Å². The monoisotopic (exact) mass is 506 g/mol. The zero-order chi connectivity index (χ0) is 7.82. The molecule has 54 valence electrons. The molecule has 0 aliphatic rings. The quantitative estimate of drug-likeness (QED) is 0.283. The van der Waals surface area contributed by atoms with Crippen LogP contribution in [0.2, 0.25) is 0 Å². The summed E-state index contributed by atoms with van der Waals surface area (Å²) in [5.74, 6) is 0. The summed E-state index contributed by atoms with van der Waals surface area (Å²) in [7, 11) is 0. The molecule has 0 aliphatic carbocycles. The van der Waals surface area contributed by atoms with E-state index in [-0.39, 0.29) is 0 Å². The van der Waals surface area contributed by atoms with E-state index in [1.165, 1.54) is 0 Å². The van der Waals surface area contributed by atoms with E-state index >= 15 is 0 Å². The Morgan fingerprint density at radius 1 is 0.900 bits per heavy atom. The molecular weight excluding hydrogens is 501 g/mol. The molecule has 0 aromatic heterocycles. The van der Waals surface area contributed by atoms with Crippen LogP contribution in [0.4, 0.5) is 0 Å². The smallest absolute Gasteiger partial charge is 0.171 e. The van der Waals surface area contributed by atoms with Gasteiger partial charge in [-0.25, -0.2) is 0 Å². The van der Waals surface area contributed by atoms with Gasteiger partial charge in [0, 0.05) is 0 Å². The Balaban J connectivity index is 0.000000180. The molecule has 0 nitrogen and oxygen atoms in total. The number of hydrogen-bond donors (Lipinski definition) is 0. The summed E-state index contributed by atoms with van der Waals surface area (Å²) in [6, 6.07) is 12.5. The standard InChI is InChI=1S/C6H5.3HI.Ti/c1-2-4-6-5-3-1;;;;/h1-5H;3*1H;/q-1;;;;+4/p-3. The normalized spacial score (nSPS) is 7.50. The van der Waals surface area contributed by atoms with E-state index in [4.69, 9.17) is 0 Å². The average Bonchev–Trinajstić information content (AvgIpc) is 1.90. The molecule has 1 aromatic carbocycles. The van der Waals surface area contributed by atoms with Crippen LogP contribution >= 0.6 is 57.6 Å². The van der Waals surface area contributed by atoms with Crippen molar-refractivity contribution in [3.8, 4) is 0 Å². The molecule has 0 fully saturated rings. The van der Waals surface area contributed by atoms with Crippen molar-refractivity contribution in [1.29, 1.82) is 0 Å². The molecule has 0 saturated carbocycles. The zero-order valence-corrected chi connectivity index (χ0v) is 13.1. The minimum absolute atomic E-state index is 0.423. The molecule has 0 heterocycles. The van der Waals surface area contributed by atoms with Gasteiger partial charge in [-0.15, -0.1) is 0 Å². The molecule has 0 unspecified atom stereocenters. The van der Waals surface area contributed by atoms with Crippen LogP contribution in [-0.2, 0) is 6.63 Å². The Hall–Kier alpha value is 2.12. The fraction of sp³-hybridized carbons (Fsp3) is 0.